The van der Waals surface area contributed by atoms with Crippen LogP contribution in [0.4, 0.5) is 0 Å². The van der Waals surface area contributed by atoms with E-state index in [4.69, 9.17) is 20.9 Å². The molecule has 0 amide bonds. The second kappa shape index (κ2) is 11.0. The Morgan fingerprint density at radius 1 is 1.16 bits per heavy atom. The number of halogens is 1. The van der Waals surface area contributed by atoms with Crippen molar-refractivity contribution in [2.75, 3.05) is 13.7 Å². The monoisotopic (exact) mass is 372 g/mol. The molecule has 130 valence electrons. The van der Waals surface area contributed by atoms with Crippen molar-refractivity contribution in [3.05, 3.63) is 53.1 Å². The standard InChI is InChI=1S/C19H22ClO3P.Li.H/c1-14(2)9-10-23-24(16-7-5-4-6-8-16)17-11-15(13-21)19(22-3)18(20)12-17;;/h4-8,11-14H,9-10H2,1-3H3;;. The number of benzene rings is 2. The second-order valence-corrected chi connectivity index (χ2v) is 8.10. The van der Waals surface area contributed by atoms with Gasteiger partial charge in [-0.2, -0.15) is 0 Å². The molecule has 0 aliphatic heterocycles. The SMILES string of the molecule is COc1c(Cl)cc(P(OCCC(C)C)c2ccccc2)cc1C=O.[LiH]. The summed E-state index contributed by atoms with van der Waals surface area (Å²) in [7, 11) is 0.471. The third-order valence-electron chi connectivity index (χ3n) is 3.53. The van der Waals surface area contributed by atoms with E-state index in [1.54, 1.807) is 0 Å². The van der Waals surface area contributed by atoms with Gasteiger partial charge in [0.25, 0.3) is 0 Å². The average Bonchev–Trinajstić information content (AvgIpc) is 2.58. The number of ether oxygens (including phenoxy) is 1. The molecule has 2 aromatic carbocycles. The van der Waals surface area contributed by atoms with Crippen LogP contribution < -0.4 is 15.3 Å². The van der Waals surface area contributed by atoms with Crippen LogP contribution in [0, 0.1) is 5.92 Å². The zero-order valence-corrected chi connectivity index (χ0v) is 15.8. The first-order valence-corrected chi connectivity index (χ1v) is 9.51. The van der Waals surface area contributed by atoms with Crippen LogP contribution in [0.15, 0.2) is 42.5 Å². The van der Waals surface area contributed by atoms with E-state index in [2.05, 4.69) is 13.8 Å². The molecule has 0 saturated heterocycles. The topological polar surface area (TPSA) is 35.5 Å². The summed E-state index contributed by atoms with van der Waals surface area (Å²) in [5, 5.41) is 2.43. The fourth-order valence-corrected chi connectivity index (χ4v) is 4.47. The normalized spacial score (nSPS) is 11.7. The fourth-order valence-electron chi connectivity index (χ4n) is 2.26. The summed E-state index contributed by atoms with van der Waals surface area (Å²) in [5.74, 6) is 0.975. The Kier molecular flexibility index (Phi) is 9.80. The molecular formula is C19H23ClLiO3P. The molecule has 25 heavy (non-hydrogen) atoms. The summed E-state index contributed by atoms with van der Waals surface area (Å²) in [5.41, 5.74) is 0.441. The van der Waals surface area contributed by atoms with E-state index in [9.17, 15) is 4.79 Å². The van der Waals surface area contributed by atoms with Gasteiger partial charge in [0, 0.05) is 10.6 Å². The molecule has 2 aromatic rings. The number of carbonyl (C=O) groups is 1. The van der Waals surface area contributed by atoms with E-state index in [1.165, 1.54) is 7.11 Å². The molecule has 1 unspecified atom stereocenters. The van der Waals surface area contributed by atoms with Gasteiger partial charge in [0.1, 0.15) is 5.75 Å². The van der Waals surface area contributed by atoms with E-state index in [1.807, 2.05) is 42.5 Å². The molecule has 0 heterocycles. The summed E-state index contributed by atoms with van der Waals surface area (Å²) in [4.78, 5) is 11.4. The molecule has 6 heteroatoms. The Hall–Kier alpha value is -0.813. The van der Waals surface area contributed by atoms with Crippen molar-refractivity contribution in [2.45, 2.75) is 20.3 Å². The van der Waals surface area contributed by atoms with Crippen molar-refractivity contribution in [3.63, 3.8) is 0 Å². The van der Waals surface area contributed by atoms with Crippen molar-refractivity contribution in [2.24, 2.45) is 5.92 Å². The Balaban J connectivity index is 0.00000312. The van der Waals surface area contributed by atoms with Gasteiger partial charge in [-0.1, -0.05) is 55.8 Å². The number of hydrogen-bond donors (Lipinski definition) is 0. The van der Waals surface area contributed by atoms with Crippen molar-refractivity contribution in [3.8, 4) is 5.75 Å². The number of aldehydes is 1. The van der Waals surface area contributed by atoms with Gasteiger partial charge in [-0.15, -0.1) is 0 Å². The van der Waals surface area contributed by atoms with E-state index in [-0.39, 0.29) is 18.9 Å². The van der Waals surface area contributed by atoms with Crippen LogP contribution in [0.2, 0.25) is 5.02 Å². The van der Waals surface area contributed by atoms with Crippen molar-refractivity contribution in [1.82, 2.24) is 0 Å². The van der Waals surface area contributed by atoms with E-state index in [0.717, 1.165) is 23.3 Å². The van der Waals surface area contributed by atoms with Gasteiger partial charge in [-0.25, -0.2) is 0 Å². The number of hydrogen-bond acceptors (Lipinski definition) is 3. The average molecular weight is 373 g/mol. The summed E-state index contributed by atoms with van der Waals surface area (Å²) >= 11 is 6.30. The molecule has 0 saturated carbocycles. The minimum atomic E-state index is -1.04. The predicted octanol–water partition coefficient (Wildman–Crippen LogP) is 3.92. The molecule has 0 aliphatic carbocycles. The van der Waals surface area contributed by atoms with Gasteiger partial charge >= 0.3 is 18.9 Å². The van der Waals surface area contributed by atoms with Gasteiger partial charge in [-0.3, -0.25) is 4.79 Å². The number of carbonyl (C=O) groups excluding carboxylic acids is 1. The summed E-state index contributed by atoms with van der Waals surface area (Å²) in [6.45, 7) is 5.00. The van der Waals surface area contributed by atoms with Crippen molar-refractivity contribution >= 4 is 55.5 Å². The molecular weight excluding hydrogens is 350 g/mol. The molecule has 0 bridgehead atoms. The van der Waals surface area contributed by atoms with Gasteiger partial charge in [0.05, 0.1) is 32.5 Å². The number of methoxy groups -OCH3 is 1. The summed E-state index contributed by atoms with van der Waals surface area (Å²) in [6.07, 6.45) is 1.75. The maximum atomic E-state index is 11.4. The minimum absolute atomic E-state index is 0. The number of rotatable bonds is 8. The first kappa shape index (κ1) is 22.2. The second-order valence-electron chi connectivity index (χ2n) is 5.81. The summed E-state index contributed by atoms with van der Waals surface area (Å²) in [6, 6.07) is 13.7. The summed E-state index contributed by atoms with van der Waals surface area (Å²) < 4.78 is 11.4. The van der Waals surface area contributed by atoms with Gasteiger partial charge in [0.2, 0.25) is 0 Å². The zero-order valence-electron chi connectivity index (χ0n) is 14.2. The molecule has 0 spiro atoms. The van der Waals surface area contributed by atoms with Crippen LogP contribution in [0.3, 0.4) is 0 Å². The van der Waals surface area contributed by atoms with Crippen LogP contribution >= 0.6 is 19.7 Å². The molecule has 0 fully saturated rings. The zero-order chi connectivity index (χ0) is 17.5. The van der Waals surface area contributed by atoms with Crippen LogP contribution in [-0.4, -0.2) is 38.9 Å². The molecule has 2 rings (SSSR count). The van der Waals surface area contributed by atoms with Crippen LogP contribution in [0.5, 0.6) is 5.75 Å². The van der Waals surface area contributed by atoms with Gasteiger partial charge in [0.15, 0.2) is 6.29 Å². The van der Waals surface area contributed by atoms with Crippen molar-refractivity contribution < 1.29 is 14.1 Å². The van der Waals surface area contributed by atoms with E-state index in [0.29, 0.717) is 28.9 Å². The first-order chi connectivity index (χ1) is 11.6. The molecule has 0 radical (unpaired) electrons. The molecule has 3 nitrogen and oxygen atoms in total. The van der Waals surface area contributed by atoms with Crippen LogP contribution in [-0.2, 0) is 4.52 Å². The molecule has 0 N–H and O–H groups in total. The Morgan fingerprint density at radius 2 is 1.84 bits per heavy atom. The molecule has 0 aromatic heterocycles. The molecule has 0 aliphatic rings. The van der Waals surface area contributed by atoms with Crippen LogP contribution in [0.25, 0.3) is 0 Å². The van der Waals surface area contributed by atoms with Gasteiger partial charge < -0.3 is 9.26 Å². The Labute approximate surface area is 168 Å². The Bertz CT molecular complexity index is 680. The first-order valence-electron chi connectivity index (χ1n) is 7.87. The van der Waals surface area contributed by atoms with Crippen molar-refractivity contribution in [1.29, 1.82) is 0 Å². The maximum absolute atomic E-state index is 11.4. The third-order valence-corrected chi connectivity index (χ3v) is 5.74. The quantitative estimate of drug-likeness (QED) is 0.400. The van der Waals surface area contributed by atoms with E-state index < -0.39 is 8.15 Å². The Morgan fingerprint density at radius 3 is 2.40 bits per heavy atom. The van der Waals surface area contributed by atoms with E-state index >= 15 is 0 Å². The fraction of sp³-hybridized carbons (Fsp3) is 0.316. The third kappa shape index (κ3) is 6.14. The van der Waals surface area contributed by atoms with Crippen LogP contribution in [0.1, 0.15) is 30.6 Å². The van der Waals surface area contributed by atoms with Gasteiger partial charge in [-0.05, 0) is 24.5 Å². The predicted molar refractivity (Wildman–Crippen MR) is 109 cm³/mol. The molecule has 1 atom stereocenters.